The predicted octanol–water partition coefficient (Wildman–Crippen LogP) is 2.93. The highest BCUT2D eigenvalue weighted by Crippen LogP contribution is 2.35. The summed E-state index contributed by atoms with van der Waals surface area (Å²) in [6.07, 6.45) is 3.44. The lowest BCUT2D eigenvalue weighted by Crippen LogP contribution is -2.30. The third-order valence-electron chi connectivity index (χ3n) is 5.16. The molecule has 1 aromatic carbocycles. The first-order chi connectivity index (χ1) is 13.9. The number of aromatic nitrogens is 2. The summed E-state index contributed by atoms with van der Waals surface area (Å²) < 4.78 is 6.87. The molecule has 29 heavy (non-hydrogen) atoms. The van der Waals surface area contributed by atoms with E-state index in [0.717, 1.165) is 29.7 Å². The number of nitrogens with zero attached hydrogens (tertiary/aromatic N) is 3. The van der Waals surface area contributed by atoms with Crippen LogP contribution in [0.3, 0.4) is 0 Å². The van der Waals surface area contributed by atoms with Crippen molar-refractivity contribution in [1.29, 1.82) is 0 Å². The Labute approximate surface area is 170 Å². The zero-order valence-electron chi connectivity index (χ0n) is 15.9. The molecule has 8 nitrogen and oxygen atoms in total. The third-order valence-corrected chi connectivity index (χ3v) is 6.32. The van der Waals surface area contributed by atoms with Crippen LogP contribution >= 0.6 is 11.3 Å². The predicted molar refractivity (Wildman–Crippen MR) is 110 cm³/mol. The second-order valence-electron chi connectivity index (χ2n) is 7.45. The average Bonchev–Trinajstić information content (AvgIpc) is 3.07. The molecule has 0 saturated heterocycles. The number of nitro groups is 1. The maximum Gasteiger partial charge on any atom is 0.273 e. The molecule has 152 valence electrons. The molecule has 0 saturated carbocycles. The number of aliphatic hydroxyl groups is 1. The molecule has 1 aliphatic rings. The van der Waals surface area contributed by atoms with Gasteiger partial charge in [0.15, 0.2) is 0 Å². The number of nitro benzene ring substituents is 1. The van der Waals surface area contributed by atoms with Gasteiger partial charge in [0.2, 0.25) is 0 Å². The lowest BCUT2D eigenvalue weighted by Gasteiger charge is -2.17. The Morgan fingerprint density at radius 1 is 1.48 bits per heavy atom. The van der Waals surface area contributed by atoms with Gasteiger partial charge in [-0.25, -0.2) is 4.98 Å². The van der Waals surface area contributed by atoms with Crippen LogP contribution in [-0.4, -0.2) is 32.3 Å². The number of aryl methyl sites for hydroxylation is 1. The van der Waals surface area contributed by atoms with E-state index in [1.54, 1.807) is 17.4 Å². The summed E-state index contributed by atoms with van der Waals surface area (Å²) in [5.41, 5.74) is 0.883. The normalized spacial score (nSPS) is 17.1. The Balaban J connectivity index is 1.49. The van der Waals surface area contributed by atoms with Crippen molar-refractivity contribution in [2.75, 3.05) is 6.61 Å². The molecule has 2 atom stereocenters. The van der Waals surface area contributed by atoms with Crippen LogP contribution in [0, 0.1) is 16.0 Å². The molecule has 1 N–H and O–H groups in total. The first-order valence-corrected chi connectivity index (χ1v) is 10.3. The van der Waals surface area contributed by atoms with Gasteiger partial charge in [-0.3, -0.25) is 19.5 Å². The topological polar surface area (TPSA) is 107 Å². The number of fused-ring (bicyclic) bond motifs is 3. The van der Waals surface area contributed by atoms with Crippen LogP contribution in [-0.2, 0) is 19.4 Å². The van der Waals surface area contributed by atoms with Crippen molar-refractivity contribution >= 4 is 27.2 Å². The molecule has 0 unspecified atom stereocenters. The van der Waals surface area contributed by atoms with E-state index in [1.807, 2.05) is 0 Å². The Morgan fingerprint density at radius 3 is 3.10 bits per heavy atom. The van der Waals surface area contributed by atoms with E-state index in [-0.39, 0.29) is 24.4 Å². The Kier molecular flexibility index (Phi) is 5.33. The van der Waals surface area contributed by atoms with Gasteiger partial charge < -0.3 is 9.84 Å². The van der Waals surface area contributed by atoms with Gasteiger partial charge in [0.05, 0.1) is 29.2 Å². The molecule has 0 bridgehead atoms. The fraction of sp³-hybridized carbons (Fsp3) is 0.400. The molecule has 1 aliphatic carbocycles. The van der Waals surface area contributed by atoms with Gasteiger partial charge in [-0.05, 0) is 36.8 Å². The first kappa shape index (κ1) is 19.5. The van der Waals surface area contributed by atoms with Crippen LogP contribution in [0.2, 0.25) is 0 Å². The van der Waals surface area contributed by atoms with Gasteiger partial charge in [0.1, 0.15) is 23.3 Å². The number of ether oxygens (including phenoxy) is 1. The second-order valence-corrected chi connectivity index (χ2v) is 8.54. The van der Waals surface area contributed by atoms with Crippen molar-refractivity contribution in [2.24, 2.45) is 5.92 Å². The molecule has 2 heterocycles. The van der Waals surface area contributed by atoms with Gasteiger partial charge in [-0.15, -0.1) is 11.3 Å². The molecule has 3 aromatic rings. The highest BCUT2D eigenvalue weighted by Gasteiger charge is 2.23. The van der Waals surface area contributed by atoms with Gasteiger partial charge in [0.25, 0.3) is 11.2 Å². The summed E-state index contributed by atoms with van der Waals surface area (Å²) in [5.74, 6) is 0.908. The first-order valence-electron chi connectivity index (χ1n) is 9.47. The fourth-order valence-corrected chi connectivity index (χ4v) is 5.00. The summed E-state index contributed by atoms with van der Waals surface area (Å²) in [6, 6.07) is 5.76. The van der Waals surface area contributed by atoms with E-state index >= 15 is 0 Å². The number of benzene rings is 1. The number of aliphatic hydroxyl groups excluding tert-OH is 1. The zero-order valence-corrected chi connectivity index (χ0v) is 16.7. The minimum Gasteiger partial charge on any atom is -0.491 e. The Bertz CT molecular complexity index is 1120. The van der Waals surface area contributed by atoms with Crippen molar-refractivity contribution in [1.82, 2.24) is 9.55 Å². The molecule has 0 aliphatic heterocycles. The molecule has 9 heteroatoms. The smallest absolute Gasteiger partial charge is 0.273 e. The largest absolute Gasteiger partial charge is 0.491 e. The molecule has 2 aromatic heterocycles. The van der Waals surface area contributed by atoms with Crippen LogP contribution in [0.25, 0.3) is 10.2 Å². The van der Waals surface area contributed by atoms with E-state index in [4.69, 9.17) is 4.74 Å². The SMILES string of the molecule is C[C@@H]1CCc2c(sc3ncn(C[C@@H](O)COc4cccc([N+](=O)[O-])c4)c(=O)c23)C1. The molecule has 0 amide bonds. The Morgan fingerprint density at radius 2 is 2.31 bits per heavy atom. The van der Waals surface area contributed by atoms with E-state index in [0.29, 0.717) is 17.1 Å². The van der Waals surface area contributed by atoms with E-state index in [2.05, 4.69) is 11.9 Å². The third kappa shape index (κ3) is 4.01. The summed E-state index contributed by atoms with van der Waals surface area (Å²) in [5, 5.41) is 21.8. The molecule has 0 fully saturated rings. The number of hydrogen-bond acceptors (Lipinski definition) is 7. The number of thiophene rings is 1. The van der Waals surface area contributed by atoms with Crippen molar-refractivity contribution in [2.45, 2.75) is 38.8 Å². The van der Waals surface area contributed by atoms with Crippen LogP contribution in [0.15, 0.2) is 35.4 Å². The highest BCUT2D eigenvalue weighted by atomic mass is 32.1. The van der Waals surface area contributed by atoms with Crippen LogP contribution in [0.1, 0.15) is 23.8 Å². The standard InChI is InChI=1S/C20H21N3O5S/c1-12-5-6-16-17(7-12)29-19-18(16)20(25)22(11-21-19)9-14(24)10-28-15-4-2-3-13(8-15)23(26)27/h2-4,8,11-12,14,24H,5-7,9-10H2,1H3/t12-,14-/m1/s1. The van der Waals surface area contributed by atoms with Gasteiger partial charge in [-0.1, -0.05) is 13.0 Å². The molecular formula is C20H21N3O5S. The number of non-ortho nitro benzene ring substituents is 1. The van der Waals surface area contributed by atoms with Crippen molar-refractivity contribution in [3.63, 3.8) is 0 Å². The zero-order chi connectivity index (χ0) is 20.5. The fourth-order valence-electron chi connectivity index (χ4n) is 3.66. The monoisotopic (exact) mass is 415 g/mol. The lowest BCUT2D eigenvalue weighted by molar-refractivity contribution is -0.384. The van der Waals surface area contributed by atoms with Crippen LogP contribution in [0.4, 0.5) is 5.69 Å². The van der Waals surface area contributed by atoms with Gasteiger partial charge in [0, 0.05) is 10.9 Å². The maximum absolute atomic E-state index is 13.0. The van der Waals surface area contributed by atoms with Crippen molar-refractivity contribution < 1.29 is 14.8 Å². The van der Waals surface area contributed by atoms with Crippen LogP contribution in [0.5, 0.6) is 5.75 Å². The number of rotatable bonds is 6. The van der Waals surface area contributed by atoms with Gasteiger partial charge >= 0.3 is 0 Å². The van der Waals surface area contributed by atoms with Crippen LogP contribution < -0.4 is 10.3 Å². The quantitative estimate of drug-likeness (QED) is 0.490. The Hall–Kier alpha value is -2.78. The van der Waals surface area contributed by atoms with E-state index in [1.165, 1.54) is 34.0 Å². The molecule has 0 spiro atoms. The summed E-state index contributed by atoms with van der Waals surface area (Å²) in [4.78, 5) is 29.7. The second kappa shape index (κ2) is 7.92. The minimum atomic E-state index is -0.958. The molecular weight excluding hydrogens is 394 g/mol. The average molecular weight is 415 g/mol. The summed E-state index contributed by atoms with van der Waals surface area (Å²) >= 11 is 1.59. The summed E-state index contributed by atoms with van der Waals surface area (Å²) in [6.45, 7) is 2.17. The van der Waals surface area contributed by atoms with E-state index < -0.39 is 11.0 Å². The van der Waals surface area contributed by atoms with Gasteiger partial charge in [-0.2, -0.15) is 0 Å². The summed E-state index contributed by atoms with van der Waals surface area (Å²) in [7, 11) is 0. The van der Waals surface area contributed by atoms with Crippen molar-refractivity contribution in [3.8, 4) is 5.75 Å². The number of hydrogen-bond donors (Lipinski definition) is 1. The molecule has 0 radical (unpaired) electrons. The lowest BCUT2D eigenvalue weighted by atomic mass is 9.89. The van der Waals surface area contributed by atoms with E-state index in [9.17, 15) is 20.0 Å². The minimum absolute atomic E-state index is 0.0394. The maximum atomic E-state index is 13.0. The highest BCUT2D eigenvalue weighted by molar-refractivity contribution is 7.18. The van der Waals surface area contributed by atoms with Crippen molar-refractivity contribution in [3.05, 3.63) is 61.5 Å². The molecule has 4 rings (SSSR count).